The van der Waals surface area contributed by atoms with E-state index in [1.165, 1.54) is 12.1 Å². The van der Waals surface area contributed by atoms with E-state index >= 15 is 0 Å². The molecule has 13 heavy (non-hydrogen) atoms. The highest BCUT2D eigenvalue weighted by Crippen LogP contribution is 2.04. The molecule has 0 heterocycles. The van der Waals surface area contributed by atoms with Crippen LogP contribution in [0, 0.1) is 12.2 Å². The number of rotatable bonds is 5. The summed E-state index contributed by atoms with van der Waals surface area (Å²) < 4.78 is 22.2. The van der Waals surface area contributed by atoms with Gasteiger partial charge in [-0.25, -0.2) is 4.39 Å². The lowest BCUT2D eigenvalue weighted by Crippen LogP contribution is -1.99. The highest BCUT2D eigenvalue weighted by atomic mass is 19.1. The van der Waals surface area contributed by atoms with Crippen LogP contribution >= 0.6 is 0 Å². The third-order valence-electron chi connectivity index (χ3n) is 1.51. The van der Waals surface area contributed by atoms with Gasteiger partial charge in [-0.2, -0.15) is 0 Å². The summed E-state index contributed by atoms with van der Waals surface area (Å²) in [5.41, 5.74) is 0.942. The molecule has 0 fully saturated rings. The molecule has 0 N–H and O–H groups in total. The molecule has 0 aromatic heterocycles. The quantitative estimate of drug-likeness (QED) is 0.513. The van der Waals surface area contributed by atoms with E-state index in [0.717, 1.165) is 5.56 Å². The molecule has 0 amide bonds. The Morgan fingerprint density at radius 3 is 2.62 bits per heavy atom. The minimum Gasteiger partial charge on any atom is -0.359 e. The van der Waals surface area contributed by atoms with Crippen LogP contribution in [0.25, 0.3) is 0 Å². The van der Waals surface area contributed by atoms with E-state index in [9.17, 15) is 4.39 Å². The molecule has 0 aliphatic carbocycles. The van der Waals surface area contributed by atoms with Gasteiger partial charge in [-0.15, -0.1) is 0 Å². The first-order chi connectivity index (χ1) is 6.33. The molecule has 0 saturated carbocycles. The summed E-state index contributed by atoms with van der Waals surface area (Å²) in [7, 11) is 1.57. The lowest BCUT2D eigenvalue weighted by molar-refractivity contribution is -0.0213. The van der Waals surface area contributed by atoms with E-state index in [0.29, 0.717) is 6.61 Å². The second-order valence-electron chi connectivity index (χ2n) is 2.53. The predicted octanol–water partition coefficient (Wildman–Crippen LogP) is 2.00. The molecule has 71 valence electrons. The summed E-state index contributed by atoms with van der Waals surface area (Å²) in [6.07, 6.45) is 1.86. The Kier molecular flexibility index (Phi) is 4.43. The molecule has 3 heteroatoms. The number of benzene rings is 1. The van der Waals surface area contributed by atoms with Crippen molar-refractivity contribution in [2.45, 2.75) is 0 Å². The second kappa shape index (κ2) is 5.67. The number of methoxy groups -OCH3 is 1. The van der Waals surface area contributed by atoms with Crippen molar-refractivity contribution < 1.29 is 13.9 Å². The molecule has 0 atom stereocenters. The van der Waals surface area contributed by atoms with Gasteiger partial charge in [-0.3, -0.25) is 0 Å². The molecule has 2 nitrogen and oxygen atoms in total. The van der Waals surface area contributed by atoms with Crippen molar-refractivity contribution in [1.82, 2.24) is 0 Å². The van der Waals surface area contributed by atoms with Gasteiger partial charge in [0, 0.05) is 13.5 Å². The van der Waals surface area contributed by atoms with Crippen molar-refractivity contribution in [3.05, 3.63) is 42.1 Å². The van der Waals surface area contributed by atoms with E-state index < -0.39 is 0 Å². The Balaban J connectivity index is 2.25. The lowest BCUT2D eigenvalue weighted by atomic mass is 10.2. The van der Waals surface area contributed by atoms with Crippen LogP contribution in [0.15, 0.2) is 24.3 Å². The zero-order valence-corrected chi connectivity index (χ0v) is 7.50. The minimum absolute atomic E-state index is 0.227. The Hall–Kier alpha value is -0.930. The summed E-state index contributed by atoms with van der Waals surface area (Å²) >= 11 is 0. The van der Waals surface area contributed by atoms with Crippen LogP contribution < -0.4 is 0 Å². The summed E-state index contributed by atoms with van der Waals surface area (Å²) in [5, 5.41) is 0. The molecular formula is C10H12FO2. The zero-order chi connectivity index (χ0) is 9.52. The average molecular weight is 183 g/mol. The van der Waals surface area contributed by atoms with E-state index in [-0.39, 0.29) is 12.6 Å². The van der Waals surface area contributed by atoms with Gasteiger partial charge in [0.1, 0.15) is 12.6 Å². The fraction of sp³-hybridized carbons (Fsp3) is 0.300. The maximum absolute atomic E-state index is 12.5. The number of hydrogen-bond donors (Lipinski definition) is 0. The molecule has 0 bridgehead atoms. The van der Waals surface area contributed by atoms with Crippen LogP contribution in [-0.4, -0.2) is 20.5 Å². The smallest absolute Gasteiger partial charge is 0.146 e. The van der Waals surface area contributed by atoms with E-state index in [2.05, 4.69) is 0 Å². The molecule has 0 unspecified atom stereocenters. The van der Waals surface area contributed by atoms with Gasteiger partial charge >= 0.3 is 0 Å². The molecule has 1 aromatic carbocycles. The number of halogens is 1. The predicted molar refractivity (Wildman–Crippen MR) is 47.6 cm³/mol. The maximum Gasteiger partial charge on any atom is 0.146 e. The standard InChI is InChI=1S/C10H12FO2/c1-12-8-13-7-6-9-2-4-10(11)5-3-9/h2-6H,7-8H2,1H3. The molecule has 1 radical (unpaired) electrons. The average Bonchev–Trinajstić information content (AvgIpc) is 2.15. The van der Waals surface area contributed by atoms with Gasteiger partial charge in [-0.05, 0) is 17.7 Å². The molecule has 0 aliphatic heterocycles. The van der Waals surface area contributed by atoms with Crippen LogP contribution in [0.4, 0.5) is 4.39 Å². The van der Waals surface area contributed by atoms with Gasteiger partial charge in [0.05, 0.1) is 6.61 Å². The van der Waals surface area contributed by atoms with Crippen molar-refractivity contribution in [2.75, 3.05) is 20.5 Å². The first-order valence-electron chi connectivity index (χ1n) is 3.98. The molecule has 1 aromatic rings. The summed E-state index contributed by atoms with van der Waals surface area (Å²) in [4.78, 5) is 0. The van der Waals surface area contributed by atoms with Crippen LogP contribution in [-0.2, 0) is 9.47 Å². The highest BCUT2D eigenvalue weighted by molar-refractivity contribution is 5.23. The Bertz CT molecular complexity index is 233. The summed E-state index contributed by atoms with van der Waals surface area (Å²) in [5.74, 6) is -0.227. The molecular weight excluding hydrogens is 171 g/mol. The van der Waals surface area contributed by atoms with E-state index in [1.54, 1.807) is 19.2 Å². The van der Waals surface area contributed by atoms with Crippen LogP contribution in [0.1, 0.15) is 5.56 Å². The van der Waals surface area contributed by atoms with Crippen molar-refractivity contribution in [3.8, 4) is 0 Å². The first kappa shape index (κ1) is 10.2. The molecule has 0 aliphatic rings. The Morgan fingerprint density at radius 1 is 1.31 bits per heavy atom. The fourth-order valence-corrected chi connectivity index (χ4v) is 0.885. The SMILES string of the molecule is COCOC[CH]c1ccc(F)cc1. The lowest BCUT2D eigenvalue weighted by Gasteiger charge is -2.02. The Labute approximate surface area is 77.3 Å². The van der Waals surface area contributed by atoms with Gasteiger partial charge in [-0.1, -0.05) is 12.1 Å². The van der Waals surface area contributed by atoms with Crippen LogP contribution in [0.3, 0.4) is 0 Å². The van der Waals surface area contributed by atoms with Crippen LogP contribution in [0.2, 0.25) is 0 Å². The molecule has 0 spiro atoms. The normalized spacial score (nSPS) is 10.3. The van der Waals surface area contributed by atoms with Crippen molar-refractivity contribution >= 4 is 0 Å². The third-order valence-corrected chi connectivity index (χ3v) is 1.51. The largest absolute Gasteiger partial charge is 0.359 e. The van der Waals surface area contributed by atoms with Crippen LogP contribution in [0.5, 0.6) is 0 Å². The first-order valence-corrected chi connectivity index (χ1v) is 3.98. The molecule has 0 saturated heterocycles. The van der Waals surface area contributed by atoms with E-state index in [4.69, 9.17) is 9.47 Å². The van der Waals surface area contributed by atoms with Crippen molar-refractivity contribution in [3.63, 3.8) is 0 Å². The topological polar surface area (TPSA) is 18.5 Å². The fourth-order valence-electron chi connectivity index (χ4n) is 0.885. The van der Waals surface area contributed by atoms with Gasteiger partial charge in [0.25, 0.3) is 0 Å². The van der Waals surface area contributed by atoms with Gasteiger partial charge in [0.15, 0.2) is 0 Å². The monoisotopic (exact) mass is 183 g/mol. The van der Waals surface area contributed by atoms with Crippen molar-refractivity contribution in [1.29, 1.82) is 0 Å². The number of ether oxygens (including phenoxy) is 2. The Morgan fingerprint density at radius 2 is 2.00 bits per heavy atom. The summed E-state index contributed by atoms with van der Waals surface area (Å²) in [6, 6.07) is 6.24. The minimum atomic E-state index is -0.227. The van der Waals surface area contributed by atoms with Crippen molar-refractivity contribution in [2.24, 2.45) is 0 Å². The highest BCUT2D eigenvalue weighted by Gasteiger charge is 1.94. The second-order valence-corrected chi connectivity index (χ2v) is 2.53. The maximum atomic E-state index is 12.5. The number of hydrogen-bond acceptors (Lipinski definition) is 2. The van der Waals surface area contributed by atoms with Gasteiger partial charge < -0.3 is 9.47 Å². The zero-order valence-electron chi connectivity index (χ0n) is 7.50. The summed E-state index contributed by atoms with van der Waals surface area (Å²) in [6.45, 7) is 0.747. The third kappa shape index (κ3) is 4.01. The van der Waals surface area contributed by atoms with E-state index in [1.807, 2.05) is 6.42 Å². The van der Waals surface area contributed by atoms with Gasteiger partial charge in [0.2, 0.25) is 0 Å². The molecule has 1 rings (SSSR count).